The molecule has 10 nitrogen and oxygen atoms in total. The summed E-state index contributed by atoms with van der Waals surface area (Å²) in [6.07, 6.45) is 29.0. The minimum atomic E-state index is -4.61. The van der Waals surface area contributed by atoms with Crippen LogP contribution in [0.4, 0.5) is 0 Å². The third kappa shape index (κ3) is 33.2. The van der Waals surface area contributed by atoms with Crippen LogP contribution in [0.3, 0.4) is 0 Å². The molecule has 0 aliphatic carbocycles. The van der Waals surface area contributed by atoms with Crippen LogP contribution in [0, 0.1) is 0 Å². The number of allylic oxidation sites excluding steroid dienone is 2. The predicted octanol–water partition coefficient (Wildman–Crippen LogP) is 9.28. The molecule has 0 aromatic rings. The van der Waals surface area contributed by atoms with Gasteiger partial charge in [-0.1, -0.05) is 135 Å². The summed E-state index contributed by atoms with van der Waals surface area (Å²) in [6.45, 7) is 2.34. The van der Waals surface area contributed by atoms with Crippen molar-refractivity contribution < 1.29 is 47.8 Å². The molecule has 0 radical (unpaired) electrons. The molecule has 0 heterocycles. The SMILES string of the molecule is CCCCCCCCCC/C=C/CCCCCC(=O)O[C@H](COC(=O)CCCCCCCCCCCC)COP(=O)(O)OC[C@@H](O)CO. The molecule has 1 unspecified atom stereocenters. The van der Waals surface area contributed by atoms with Crippen LogP contribution in [-0.4, -0.2) is 65.7 Å². The number of carbonyl (C=O) groups is 2. The first-order chi connectivity index (χ1) is 23.2. The van der Waals surface area contributed by atoms with Gasteiger partial charge in [-0.2, -0.15) is 0 Å². The zero-order chi connectivity index (χ0) is 35.6. The number of unbranched alkanes of at least 4 members (excludes halogenated alkanes) is 20. The third-order valence-electron chi connectivity index (χ3n) is 8.17. The van der Waals surface area contributed by atoms with E-state index in [1.54, 1.807) is 0 Å². The largest absolute Gasteiger partial charge is 0.472 e. The van der Waals surface area contributed by atoms with Crippen molar-refractivity contribution >= 4 is 19.8 Å². The second kappa shape index (κ2) is 34.2. The highest BCUT2D eigenvalue weighted by atomic mass is 31.2. The number of hydrogen-bond acceptors (Lipinski definition) is 9. The maximum absolute atomic E-state index is 12.5. The first kappa shape index (κ1) is 46.7. The Balaban J connectivity index is 4.37. The lowest BCUT2D eigenvalue weighted by Gasteiger charge is -2.20. The quantitative estimate of drug-likeness (QED) is 0.0249. The van der Waals surface area contributed by atoms with Crippen LogP contribution in [0.2, 0.25) is 0 Å². The molecule has 3 atom stereocenters. The normalized spacial score (nSPS) is 14.2. The molecule has 3 N–H and O–H groups in total. The first-order valence-corrected chi connectivity index (χ1v) is 20.6. The summed E-state index contributed by atoms with van der Waals surface area (Å²) in [5.41, 5.74) is 0. The summed E-state index contributed by atoms with van der Waals surface area (Å²) < 4.78 is 32.5. The maximum atomic E-state index is 12.5. The van der Waals surface area contributed by atoms with Gasteiger partial charge < -0.3 is 24.6 Å². The van der Waals surface area contributed by atoms with Gasteiger partial charge in [0, 0.05) is 12.8 Å². The van der Waals surface area contributed by atoms with Gasteiger partial charge in [0.25, 0.3) is 0 Å². The van der Waals surface area contributed by atoms with Crippen molar-refractivity contribution in [1.82, 2.24) is 0 Å². The summed E-state index contributed by atoms with van der Waals surface area (Å²) in [5, 5.41) is 18.2. The minimum absolute atomic E-state index is 0.168. The number of rotatable bonds is 36. The lowest BCUT2D eigenvalue weighted by Crippen LogP contribution is -2.29. The zero-order valence-electron chi connectivity index (χ0n) is 30.5. The van der Waals surface area contributed by atoms with Gasteiger partial charge in [0.2, 0.25) is 0 Å². The average molecular weight is 707 g/mol. The molecule has 0 bridgehead atoms. The Morgan fingerprint density at radius 1 is 0.604 bits per heavy atom. The third-order valence-corrected chi connectivity index (χ3v) is 9.12. The standard InChI is InChI=1S/C37H71O10P/c1-3-5-7-9-11-13-15-16-17-18-19-21-23-25-27-29-37(41)47-35(33-46-48(42,43)45-31-34(39)30-38)32-44-36(40)28-26-24-22-20-14-12-10-8-6-4-2/h18-19,34-35,38-39H,3-17,20-33H2,1-2H3,(H,42,43)/b19-18+/t34-,35+/m0/s1. The Hall–Kier alpha value is -1.29. The van der Waals surface area contributed by atoms with E-state index in [0.717, 1.165) is 44.9 Å². The smallest absolute Gasteiger partial charge is 0.462 e. The van der Waals surface area contributed by atoms with E-state index in [1.807, 2.05) is 0 Å². The topological polar surface area (TPSA) is 149 Å². The zero-order valence-corrected chi connectivity index (χ0v) is 31.4. The molecule has 0 rings (SSSR count). The molecule has 0 aromatic carbocycles. The Labute approximate surface area is 292 Å². The lowest BCUT2D eigenvalue weighted by atomic mass is 10.1. The molecule has 11 heteroatoms. The van der Waals surface area contributed by atoms with E-state index in [-0.39, 0.29) is 19.4 Å². The number of esters is 2. The highest BCUT2D eigenvalue weighted by molar-refractivity contribution is 7.47. The van der Waals surface area contributed by atoms with Crippen LogP contribution in [0.25, 0.3) is 0 Å². The Morgan fingerprint density at radius 2 is 1.02 bits per heavy atom. The molecule has 284 valence electrons. The summed E-state index contributed by atoms with van der Waals surface area (Å²) in [5.74, 6) is -0.940. The molecule has 48 heavy (non-hydrogen) atoms. The van der Waals surface area contributed by atoms with Gasteiger partial charge in [0.15, 0.2) is 6.10 Å². The number of hydrogen-bond donors (Lipinski definition) is 3. The highest BCUT2D eigenvalue weighted by Gasteiger charge is 2.27. The molecule has 0 aliphatic rings. The van der Waals surface area contributed by atoms with Gasteiger partial charge >= 0.3 is 19.8 Å². The molecular weight excluding hydrogens is 635 g/mol. The molecule has 0 spiro atoms. The van der Waals surface area contributed by atoms with Crippen molar-refractivity contribution in [3.05, 3.63) is 12.2 Å². The van der Waals surface area contributed by atoms with Crippen molar-refractivity contribution in [3.63, 3.8) is 0 Å². The number of phosphoric ester groups is 1. The van der Waals surface area contributed by atoms with Crippen LogP contribution in [-0.2, 0) is 32.7 Å². The van der Waals surface area contributed by atoms with E-state index in [1.165, 1.54) is 89.9 Å². The van der Waals surface area contributed by atoms with Crippen LogP contribution in [0.1, 0.15) is 174 Å². The van der Waals surface area contributed by atoms with E-state index in [9.17, 15) is 24.2 Å². The fraction of sp³-hybridized carbons (Fsp3) is 0.892. The van der Waals surface area contributed by atoms with Gasteiger partial charge in [-0.05, 0) is 38.5 Å². The maximum Gasteiger partial charge on any atom is 0.472 e. The molecule has 0 aromatic heterocycles. The molecule has 0 fully saturated rings. The van der Waals surface area contributed by atoms with Gasteiger partial charge in [0.1, 0.15) is 12.7 Å². The molecule has 0 saturated carbocycles. The van der Waals surface area contributed by atoms with Gasteiger partial charge in [-0.3, -0.25) is 18.6 Å². The average Bonchev–Trinajstić information content (AvgIpc) is 3.07. The monoisotopic (exact) mass is 706 g/mol. The van der Waals surface area contributed by atoms with Gasteiger partial charge in [-0.25, -0.2) is 4.57 Å². The van der Waals surface area contributed by atoms with E-state index in [2.05, 4.69) is 30.5 Å². The van der Waals surface area contributed by atoms with E-state index < -0.39 is 51.8 Å². The van der Waals surface area contributed by atoms with Gasteiger partial charge in [-0.15, -0.1) is 0 Å². The van der Waals surface area contributed by atoms with Crippen molar-refractivity contribution in [3.8, 4) is 0 Å². The summed E-state index contributed by atoms with van der Waals surface area (Å²) in [4.78, 5) is 34.7. The predicted molar refractivity (Wildman–Crippen MR) is 192 cm³/mol. The molecular formula is C37H71O10P. The van der Waals surface area contributed by atoms with Crippen molar-refractivity contribution in [2.24, 2.45) is 0 Å². The van der Waals surface area contributed by atoms with Crippen LogP contribution in [0.15, 0.2) is 12.2 Å². The number of ether oxygens (including phenoxy) is 2. The first-order valence-electron chi connectivity index (χ1n) is 19.1. The van der Waals surface area contributed by atoms with Crippen molar-refractivity contribution in [2.75, 3.05) is 26.4 Å². The Kier molecular flexibility index (Phi) is 33.3. The van der Waals surface area contributed by atoms with Crippen LogP contribution < -0.4 is 0 Å². The summed E-state index contributed by atoms with van der Waals surface area (Å²) in [6, 6.07) is 0. The van der Waals surface area contributed by atoms with Crippen LogP contribution >= 0.6 is 7.82 Å². The second-order valence-corrected chi connectivity index (χ2v) is 14.4. The fourth-order valence-electron chi connectivity index (χ4n) is 5.16. The second-order valence-electron chi connectivity index (χ2n) is 13.0. The molecule has 0 aliphatic heterocycles. The Bertz CT molecular complexity index is 822. The number of aliphatic hydroxyl groups excluding tert-OH is 2. The van der Waals surface area contributed by atoms with E-state index in [4.69, 9.17) is 19.1 Å². The Morgan fingerprint density at radius 3 is 1.52 bits per heavy atom. The number of phosphoric acid groups is 1. The molecule has 0 amide bonds. The fourth-order valence-corrected chi connectivity index (χ4v) is 5.95. The summed E-state index contributed by atoms with van der Waals surface area (Å²) >= 11 is 0. The van der Waals surface area contributed by atoms with E-state index in [0.29, 0.717) is 12.8 Å². The molecule has 0 saturated heterocycles. The number of carbonyl (C=O) groups excluding carboxylic acids is 2. The minimum Gasteiger partial charge on any atom is -0.462 e. The van der Waals surface area contributed by atoms with Crippen LogP contribution in [0.5, 0.6) is 0 Å². The van der Waals surface area contributed by atoms with E-state index >= 15 is 0 Å². The highest BCUT2D eigenvalue weighted by Crippen LogP contribution is 2.43. The number of aliphatic hydroxyl groups is 2. The van der Waals surface area contributed by atoms with Gasteiger partial charge in [0.05, 0.1) is 19.8 Å². The lowest BCUT2D eigenvalue weighted by molar-refractivity contribution is -0.161. The van der Waals surface area contributed by atoms with Crippen molar-refractivity contribution in [1.29, 1.82) is 0 Å². The van der Waals surface area contributed by atoms with Crippen molar-refractivity contribution in [2.45, 2.75) is 187 Å². The summed E-state index contributed by atoms with van der Waals surface area (Å²) in [7, 11) is -4.61.